The van der Waals surface area contributed by atoms with Crippen LogP contribution in [0.3, 0.4) is 0 Å². The first-order valence-electron chi connectivity index (χ1n) is 7.11. The van der Waals surface area contributed by atoms with Crippen molar-refractivity contribution in [3.63, 3.8) is 0 Å². The number of amides is 2. The molecule has 7 heteroatoms. The summed E-state index contributed by atoms with van der Waals surface area (Å²) in [5.74, 6) is -1.83. The number of rotatable bonds is 6. The second-order valence-electron chi connectivity index (χ2n) is 4.85. The Morgan fingerprint density at radius 2 is 1.82 bits per heavy atom. The van der Waals surface area contributed by atoms with Crippen LogP contribution < -0.4 is 10.6 Å². The number of hydrogen-bond donors (Lipinski definition) is 2. The SMILES string of the molecule is CCCCCCNC(=O)C(=O)Nc1cccc(C(F)(F)F)c1. The molecule has 1 aromatic rings. The van der Waals surface area contributed by atoms with Crippen molar-refractivity contribution in [1.29, 1.82) is 0 Å². The molecule has 0 aliphatic heterocycles. The molecule has 0 bridgehead atoms. The smallest absolute Gasteiger partial charge is 0.348 e. The number of anilines is 1. The lowest BCUT2D eigenvalue weighted by Crippen LogP contribution is -2.35. The molecule has 0 spiro atoms. The second kappa shape index (κ2) is 8.41. The Labute approximate surface area is 127 Å². The molecule has 0 saturated heterocycles. The first-order chi connectivity index (χ1) is 10.3. The summed E-state index contributed by atoms with van der Waals surface area (Å²) in [5, 5.41) is 4.59. The molecule has 4 nitrogen and oxygen atoms in total. The van der Waals surface area contributed by atoms with Gasteiger partial charge in [-0.15, -0.1) is 0 Å². The van der Waals surface area contributed by atoms with Gasteiger partial charge in [-0.25, -0.2) is 0 Å². The summed E-state index contributed by atoms with van der Waals surface area (Å²) in [6.07, 6.45) is -0.680. The van der Waals surface area contributed by atoms with E-state index >= 15 is 0 Å². The minimum absolute atomic E-state index is 0.0686. The lowest BCUT2D eigenvalue weighted by molar-refractivity contribution is -0.137. The second-order valence-corrected chi connectivity index (χ2v) is 4.85. The molecule has 2 amide bonds. The van der Waals surface area contributed by atoms with Crippen molar-refractivity contribution in [2.75, 3.05) is 11.9 Å². The van der Waals surface area contributed by atoms with Crippen molar-refractivity contribution in [3.05, 3.63) is 29.8 Å². The molecule has 0 fully saturated rings. The van der Waals surface area contributed by atoms with E-state index in [1.165, 1.54) is 12.1 Å². The quantitative estimate of drug-likeness (QED) is 0.625. The number of carbonyl (C=O) groups is 2. The van der Waals surface area contributed by atoms with Crippen LogP contribution in [0.15, 0.2) is 24.3 Å². The van der Waals surface area contributed by atoms with Gasteiger partial charge in [-0.3, -0.25) is 9.59 Å². The number of unbranched alkanes of at least 4 members (excludes halogenated alkanes) is 3. The van der Waals surface area contributed by atoms with Gasteiger partial charge in [-0.05, 0) is 24.6 Å². The topological polar surface area (TPSA) is 58.2 Å². The first kappa shape index (κ1) is 18.0. The van der Waals surface area contributed by atoms with Gasteiger partial charge < -0.3 is 10.6 Å². The molecule has 0 aromatic heterocycles. The van der Waals surface area contributed by atoms with Crippen LogP contribution in [0.25, 0.3) is 0 Å². The monoisotopic (exact) mass is 316 g/mol. The van der Waals surface area contributed by atoms with Crippen molar-refractivity contribution in [2.24, 2.45) is 0 Å². The summed E-state index contributed by atoms with van der Waals surface area (Å²) in [6, 6.07) is 4.14. The molecule has 122 valence electrons. The molecular weight excluding hydrogens is 297 g/mol. The summed E-state index contributed by atoms with van der Waals surface area (Å²) in [6.45, 7) is 2.43. The minimum atomic E-state index is -4.50. The Kier molecular flexibility index (Phi) is 6.88. The molecule has 22 heavy (non-hydrogen) atoms. The lowest BCUT2D eigenvalue weighted by Gasteiger charge is -2.10. The van der Waals surface area contributed by atoms with E-state index in [0.29, 0.717) is 6.54 Å². The fraction of sp³-hybridized carbons (Fsp3) is 0.467. The Hall–Kier alpha value is -2.05. The molecular formula is C15H19F3N2O2. The van der Waals surface area contributed by atoms with Gasteiger partial charge in [-0.1, -0.05) is 32.3 Å². The maximum atomic E-state index is 12.5. The molecule has 1 aromatic carbocycles. The average molecular weight is 316 g/mol. The third-order valence-electron chi connectivity index (χ3n) is 2.97. The standard InChI is InChI=1S/C15H19F3N2O2/c1-2-3-4-5-9-19-13(21)14(22)20-12-8-6-7-11(10-12)15(16,17)18/h6-8,10H,2-5,9H2,1H3,(H,19,21)(H,20,22). The van der Waals surface area contributed by atoms with Gasteiger partial charge in [0.25, 0.3) is 0 Å². The Morgan fingerprint density at radius 1 is 1.09 bits per heavy atom. The maximum absolute atomic E-state index is 12.5. The van der Waals surface area contributed by atoms with E-state index in [4.69, 9.17) is 0 Å². The number of benzene rings is 1. The molecule has 0 aliphatic rings. The Bertz CT molecular complexity index is 516. The van der Waals surface area contributed by atoms with E-state index in [2.05, 4.69) is 17.6 Å². The molecule has 0 heterocycles. The van der Waals surface area contributed by atoms with E-state index in [9.17, 15) is 22.8 Å². The predicted molar refractivity (Wildman–Crippen MR) is 77.2 cm³/mol. The maximum Gasteiger partial charge on any atom is 0.416 e. The van der Waals surface area contributed by atoms with Crippen molar-refractivity contribution in [3.8, 4) is 0 Å². The van der Waals surface area contributed by atoms with E-state index in [-0.39, 0.29) is 5.69 Å². The average Bonchev–Trinajstić information content (AvgIpc) is 2.46. The van der Waals surface area contributed by atoms with Crippen LogP contribution in [0.1, 0.15) is 38.2 Å². The van der Waals surface area contributed by atoms with Crippen LogP contribution >= 0.6 is 0 Å². The highest BCUT2D eigenvalue weighted by Crippen LogP contribution is 2.30. The summed E-state index contributed by atoms with van der Waals surface area (Å²) >= 11 is 0. The molecule has 0 radical (unpaired) electrons. The summed E-state index contributed by atoms with van der Waals surface area (Å²) < 4.78 is 37.6. The number of hydrogen-bond acceptors (Lipinski definition) is 2. The zero-order valence-corrected chi connectivity index (χ0v) is 12.3. The van der Waals surface area contributed by atoms with E-state index in [1.54, 1.807) is 0 Å². The third kappa shape index (κ3) is 6.15. The summed E-state index contributed by atoms with van der Waals surface area (Å²) in [5.41, 5.74) is -0.953. The number of nitrogens with one attached hydrogen (secondary N) is 2. The van der Waals surface area contributed by atoms with Gasteiger partial charge in [0.15, 0.2) is 0 Å². The Morgan fingerprint density at radius 3 is 2.45 bits per heavy atom. The van der Waals surface area contributed by atoms with Gasteiger partial charge in [-0.2, -0.15) is 13.2 Å². The van der Waals surface area contributed by atoms with E-state index in [1.807, 2.05) is 0 Å². The zero-order valence-electron chi connectivity index (χ0n) is 12.3. The van der Waals surface area contributed by atoms with Crippen LogP contribution in [-0.4, -0.2) is 18.4 Å². The summed E-state index contributed by atoms with van der Waals surface area (Å²) in [4.78, 5) is 23.1. The summed E-state index contributed by atoms with van der Waals surface area (Å²) in [7, 11) is 0. The third-order valence-corrected chi connectivity index (χ3v) is 2.97. The van der Waals surface area contributed by atoms with E-state index < -0.39 is 23.6 Å². The number of carbonyl (C=O) groups excluding carboxylic acids is 2. The number of halogens is 3. The molecule has 0 atom stereocenters. The highest BCUT2D eigenvalue weighted by atomic mass is 19.4. The molecule has 0 aliphatic carbocycles. The largest absolute Gasteiger partial charge is 0.416 e. The lowest BCUT2D eigenvalue weighted by atomic mass is 10.2. The number of alkyl halides is 3. The van der Waals surface area contributed by atoms with Crippen molar-refractivity contribution >= 4 is 17.5 Å². The fourth-order valence-electron chi connectivity index (χ4n) is 1.80. The fourth-order valence-corrected chi connectivity index (χ4v) is 1.80. The Balaban J connectivity index is 2.49. The first-order valence-corrected chi connectivity index (χ1v) is 7.11. The van der Waals surface area contributed by atoms with Crippen molar-refractivity contribution < 1.29 is 22.8 Å². The van der Waals surface area contributed by atoms with Crippen LogP contribution in [0, 0.1) is 0 Å². The molecule has 0 saturated carbocycles. The van der Waals surface area contributed by atoms with Crippen LogP contribution in [-0.2, 0) is 15.8 Å². The van der Waals surface area contributed by atoms with Gasteiger partial charge in [0, 0.05) is 12.2 Å². The predicted octanol–water partition coefficient (Wildman–Crippen LogP) is 3.34. The molecule has 1 rings (SSSR count). The van der Waals surface area contributed by atoms with Gasteiger partial charge >= 0.3 is 18.0 Å². The molecule has 2 N–H and O–H groups in total. The van der Waals surface area contributed by atoms with Gasteiger partial charge in [0.2, 0.25) is 0 Å². The van der Waals surface area contributed by atoms with Crippen molar-refractivity contribution in [2.45, 2.75) is 38.8 Å². The molecule has 0 unspecified atom stereocenters. The van der Waals surface area contributed by atoms with Gasteiger partial charge in [0.05, 0.1) is 5.56 Å². The van der Waals surface area contributed by atoms with Crippen LogP contribution in [0.2, 0.25) is 0 Å². The van der Waals surface area contributed by atoms with Crippen LogP contribution in [0.4, 0.5) is 18.9 Å². The van der Waals surface area contributed by atoms with E-state index in [0.717, 1.165) is 37.8 Å². The normalized spacial score (nSPS) is 11.1. The highest BCUT2D eigenvalue weighted by Gasteiger charge is 2.30. The highest BCUT2D eigenvalue weighted by molar-refractivity contribution is 6.39. The zero-order chi connectivity index (χ0) is 16.6. The minimum Gasteiger partial charge on any atom is -0.348 e. The van der Waals surface area contributed by atoms with Crippen LogP contribution in [0.5, 0.6) is 0 Å². The van der Waals surface area contributed by atoms with Crippen molar-refractivity contribution in [1.82, 2.24) is 5.32 Å². The van der Waals surface area contributed by atoms with Gasteiger partial charge in [0.1, 0.15) is 0 Å².